The Labute approximate surface area is 163 Å². The van der Waals surface area contributed by atoms with E-state index in [4.69, 9.17) is 0 Å². The molecule has 0 aliphatic carbocycles. The van der Waals surface area contributed by atoms with Crippen LogP contribution in [-0.2, 0) is 4.79 Å². The van der Waals surface area contributed by atoms with E-state index in [0.717, 1.165) is 20.6 Å². The average molecular weight is 430 g/mol. The van der Waals surface area contributed by atoms with E-state index in [2.05, 4.69) is 31.5 Å². The first kappa shape index (κ1) is 18.3. The van der Waals surface area contributed by atoms with Crippen LogP contribution in [0.25, 0.3) is 10.6 Å². The summed E-state index contributed by atoms with van der Waals surface area (Å²) in [5, 5.41) is 7.84. The van der Waals surface area contributed by atoms with Crippen molar-refractivity contribution in [3.05, 3.63) is 69.6 Å². The van der Waals surface area contributed by atoms with Crippen LogP contribution in [0.3, 0.4) is 0 Å². The number of rotatable bonds is 5. The molecule has 0 aliphatic heterocycles. The van der Waals surface area contributed by atoms with Crippen LogP contribution in [0, 0.1) is 6.92 Å². The van der Waals surface area contributed by atoms with E-state index in [0.29, 0.717) is 11.4 Å². The van der Waals surface area contributed by atoms with Crippen LogP contribution in [-0.4, -0.2) is 23.3 Å². The molecule has 0 radical (unpaired) electrons. The van der Waals surface area contributed by atoms with E-state index in [-0.39, 0.29) is 18.4 Å². The number of halogens is 1. The molecule has 0 fully saturated rings. The zero-order valence-corrected chi connectivity index (χ0v) is 16.4. The summed E-state index contributed by atoms with van der Waals surface area (Å²) in [7, 11) is 0. The lowest BCUT2D eigenvalue weighted by molar-refractivity contribution is -0.115. The number of amides is 2. The van der Waals surface area contributed by atoms with Gasteiger partial charge in [0.1, 0.15) is 10.7 Å². The molecule has 2 N–H and O–H groups in total. The van der Waals surface area contributed by atoms with Crippen LogP contribution in [0.15, 0.2) is 58.4 Å². The molecular weight excluding hydrogens is 414 g/mol. The standard InChI is InChI=1S/C19H16BrN3O2S/c1-12-9-14(20)7-8-15(12)22-17(24)10-21-18(25)16-11-26-19(23-16)13-5-3-2-4-6-13/h2-9,11H,10H2,1H3,(H,21,25)(H,22,24). The summed E-state index contributed by atoms with van der Waals surface area (Å²) in [5.41, 5.74) is 2.92. The zero-order valence-electron chi connectivity index (χ0n) is 14.0. The number of aryl methyl sites for hydroxylation is 1. The van der Waals surface area contributed by atoms with Gasteiger partial charge in [-0.3, -0.25) is 9.59 Å². The second kappa shape index (κ2) is 8.25. The van der Waals surface area contributed by atoms with Gasteiger partial charge >= 0.3 is 0 Å². The molecule has 0 bridgehead atoms. The molecule has 2 aromatic carbocycles. The molecule has 26 heavy (non-hydrogen) atoms. The third-order valence-corrected chi connectivity index (χ3v) is 5.01. The van der Waals surface area contributed by atoms with Crippen molar-refractivity contribution in [1.82, 2.24) is 10.3 Å². The predicted octanol–water partition coefficient (Wildman–Crippen LogP) is 4.25. The lowest BCUT2D eigenvalue weighted by Gasteiger charge is -2.09. The van der Waals surface area contributed by atoms with E-state index in [1.54, 1.807) is 5.38 Å². The average Bonchev–Trinajstić information content (AvgIpc) is 3.13. The van der Waals surface area contributed by atoms with E-state index in [1.807, 2.05) is 55.5 Å². The van der Waals surface area contributed by atoms with Crippen LogP contribution in [0.2, 0.25) is 0 Å². The highest BCUT2D eigenvalue weighted by Gasteiger charge is 2.13. The minimum Gasteiger partial charge on any atom is -0.342 e. The minimum absolute atomic E-state index is 0.119. The Balaban J connectivity index is 1.57. The molecule has 3 rings (SSSR count). The normalized spacial score (nSPS) is 10.4. The predicted molar refractivity (Wildman–Crippen MR) is 107 cm³/mol. The van der Waals surface area contributed by atoms with Gasteiger partial charge in [-0.25, -0.2) is 4.98 Å². The third-order valence-electron chi connectivity index (χ3n) is 3.63. The summed E-state index contributed by atoms with van der Waals surface area (Å²) in [5.74, 6) is -0.659. The number of hydrogen-bond acceptors (Lipinski definition) is 4. The molecule has 1 aromatic heterocycles. The minimum atomic E-state index is -0.369. The van der Waals surface area contributed by atoms with Gasteiger partial charge in [0.2, 0.25) is 5.91 Å². The number of carbonyl (C=O) groups excluding carboxylic acids is 2. The highest BCUT2D eigenvalue weighted by molar-refractivity contribution is 9.10. The van der Waals surface area contributed by atoms with Gasteiger partial charge in [0, 0.05) is 21.1 Å². The van der Waals surface area contributed by atoms with Gasteiger partial charge in [0.05, 0.1) is 6.54 Å². The summed E-state index contributed by atoms with van der Waals surface area (Å²) in [6, 6.07) is 15.2. The first-order chi connectivity index (χ1) is 12.5. The third kappa shape index (κ3) is 4.56. The van der Waals surface area contributed by atoms with E-state index >= 15 is 0 Å². The Morgan fingerprint density at radius 3 is 2.65 bits per heavy atom. The lowest BCUT2D eigenvalue weighted by atomic mass is 10.2. The first-order valence-corrected chi connectivity index (χ1v) is 9.55. The summed E-state index contributed by atoms with van der Waals surface area (Å²) in [4.78, 5) is 28.6. The number of hydrogen-bond donors (Lipinski definition) is 2. The molecule has 7 heteroatoms. The van der Waals surface area contributed by atoms with Crippen LogP contribution >= 0.6 is 27.3 Å². The van der Waals surface area contributed by atoms with Gasteiger partial charge in [-0.2, -0.15) is 0 Å². The quantitative estimate of drug-likeness (QED) is 0.636. The molecular formula is C19H16BrN3O2S. The van der Waals surface area contributed by atoms with Crippen molar-refractivity contribution in [2.75, 3.05) is 11.9 Å². The van der Waals surface area contributed by atoms with Gasteiger partial charge < -0.3 is 10.6 Å². The Hall–Kier alpha value is -2.51. The second-order valence-electron chi connectivity index (χ2n) is 5.59. The maximum Gasteiger partial charge on any atom is 0.271 e. The largest absolute Gasteiger partial charge is 0.342 e. The van der Waals surface area contributed by atoms with E-state index in [9.17, 15) is 9.59 Å². The van der Waals surface area contributed by atoms with Crippen molar-refractivity contribution in [3.8, 4) is 10.6 Å². The van der Waals surface area contributed by atoms with E-state index in [1.165, 1.54) is 11.3 Å². The Morgan fingerprint density at radius 1 is 1.15 bits per heavy atom. The first-order valence-electron chi connectivity index (χ1n) is 7.88. The van der Waals surface area contributed by atoms with Crippen molar-refractivity contribution in [1.29, 1.82) is 0 Å². The Morgan fingerprint density at radius 2 is 1.92 bits per heavy atom. The molecule has 0 spiro atoms. The number of aromatic nitrogens is 1. The molecule has 132 valence electrons. The van der Waals surface area contributed by atoms with Crippen molar-refractivity contribution in [2.24, 2.45) is 0 Å². The molecule has 0 aliphatic rings. The molecule has 1 heterocycles. The van der Waals surface area contributed by atoms with Gasteiger partial charge in [0.15, 0.2) is 0 Å². The molecule has 0 atom stereocenters. The monoisotopic (exact) mass is 429 g/mol. The molecule has 5 nitrogen and oxygen atoms in total. The SMILES string of the molecule is Cc1cc(Br)ccc1NC(=O)CNC(=O)c1csc(-c2ccccc2)n1. The summed E-state index contributed by atoms with van der Waals surface area (Å²) in [6.07, 6.45) is 0. The van der Waals surface area contributed by atoms with Gasteiger partial charge in [0.25, 0.3) is 5.91 Å². The highest BCUT2D eigenvalue weighted by atomic mass is 79.9. The van der Waals surface area contributed by atoms with Crippen LogP contribution in [0.5, 0.6) is 0 Å². The van der Waals surface area contributed by atoms with Crippen molar-refractivity contribution >= 4 is 44.8 Å². The summed E-state index contributed by atoms with van der Waals surface area (Å²) in [6.45, 7) is 1.78. The van der Waals surface area contributed by atoms with E-state index < -0.39 is 0 Å². The second-order valence-corrected chi connectivity index (χ2v) is 7.37. The number of thiazole rings is 1. The van der Waals surface area contributed by atoms with Crippen molar-refractivity contribution in [3.63, 3.8) is 0 Å². The number of anilines is 1. The lowest BCUT2D eigenvalue weighted by Crippen LogP contribution is -2.33. The molecule has 3 aromatic rings. The fourth-order valence-electron chi connectivity index (χ4n) is 2.30. The Kier molecular flexibility index (Phi) is 5.80. The van der Waals surface area contributed by atoms with Crippen molar-refractivity contribution < 1.29 is 9.59 Å². The number of nitrogens with one attached hydrogen (secondary N) is 2. The zero-order chi connectivity index (χ0) is 18.5. The van der Waals surface area contributed by atoms with Crippen LogP contribution < -0.4 is 10.6 Å². The number of benzene rings is 2. The maximum absolute atomic E-state index is 12.2. The number of carbonyl (C=O) groups is 2. The summed E-state index contributed by atoms with van der Waals surface area (Å²) < 4.78 is 0.944. The van der Waals surface area contributed by atoms with Gasteiger partial charge in [-0.15, -0.1) is 11.3 Å². The highest BCUT2D eigenvalue weighted by Crippen LogP contribution is 2.23. The molecule has 0 unspecified atom stereocenters. The van der Waals surface area contributed by atoms with Gasteiger partial charge in [-0.1, -0.05) is 46.3 Å². The molecule has 2 amide bonds. The van der Waals surface area contributed by atoms with Gasteiger partial charge in [-0.05, 0) is 30.7 Å². The van der Waals surface area contributed by atoms with Crippen LogP contribution in [0.4, 0.5) is 5.69 Å². The smallest absolute Gasteiger partial charge is 0.271 e. The fourth-order valence-corrected chi connectivity index (χ4v) is 3.59. The fraction of sp³-hybridized carbons (Fsp3) is 0.105. The maximum atomic E-state index is 12.2. The van der Waals surface area contributed by atoms with Crippen LogP contribution in [0.1, 0.15) is 16.1 Å². The Bertz CT molecular complexity index is 941. The molecule has 0 saturated heterocycles. The number of nitrogens with zero attached hydrogens (tertiary/aromatic N) is 1. The topological polar surface area (TPSA) is 71.1 Å². The summed E-state index contributed by atoms with van der Waals surface area (Å²) >= 11 is 4.78. The molecule has 0 saturated carbocycles. The van der Waals surface area contributed by atoms with Crippen molar-refractivity contribution in [2.45, 2.75) is 6.92 Å².